The van der Waals surface area contributed by atoms with Gasteiger partial charge >= 0.3 is 0 Å². The molecule has 4 atom stereocenters. The summed E-state index contributed by atoms with van der Waals surface area (Å²) in [6.07, 6.45) is 6.90. The van der Waals surface area contributed by atoms with Crippen molar-refractivity contribution in [1.29, 1.82) is 0 Å². The fraction of sp³-hybridized carbons (Fsp3) is 0.567. The number of Topliss-reactive ketones (excluding diaryl/α,β-unsaturated/α-hetero) is 2. The van der Waals surface area contributed by atoms with E-state index in [0.717, 1.165) is 19.4 Å². The number of aromatic hydroxyl groups is 1. The molecule has 5 rings (SSSR count). The SMILES string of the molecule is CN(C)[C@@H]1C(O)=C(C(N)=O)C(=O)[C@@]2(O)C(O)=C3C(=O)c4c(O)cc(CNCC5CCCCCC5)c(F)c4C[C@H]3C[C@@H]12. The lowest BCUT2D eigenvalue weighted by Gasteiger charge is -2.50. The van der Waals surface area contributed by atoms with Crippen molar-refractivity contribution in [2.45, 2.75) is 69.6 Å². The number of nitrogens with zero attached hydrogens (tertiary/aromatic N) is 1. The number of carbonyl (C=O) groups is 3. The average Bonchev–Trinajstić information content (AvgIpc) is 3.17. The van der Waals surface area contributed by atoms with Crippen LogP contribution in [0.15, 0.2) is 28.7 Å². The summed E-state index contributed by atoms with van der Waals surface area (Å²) in [7, 11) is 3.11. The molecule has 7 N–H and O–H groups in total. The molecule has 41 heavy (non-hydrogen) atoms. The van der Waals surface area contributed by atoms with Crippen molar-refractivity contribution in [2.24, 2.45) is 23.5 Å². The summed E-state index contributed by atoms with van der Waals surface area (Å²) in [6, 6.07) is 0.0997. The van der Waals surface area contributed by atoms with E-state index in [-0.39, 0.29) is 41.6 Å². The maximum absolute atomic E-state index is 15.9. The third-order valence-corrected chi connectivity index (χ3v) is 9.45. The van der Waals surface area contributed by atoms with Gasteiger partial charge in [0, 0.05) is 29.2 Å². The highest BCUT2D eigenvalue weighted by Crippen LogP contribution is 2.52. The molecule has 4 aliphatic carbocycles. The number of fused-ring (bicyclic) bond motifs is 3. The second kappa shape index (κ2) is 10.8. The molecule has 1 fully saturated rings. The summed E-state index contributed by atoms with van der Waals surface area (Å²) >= 11 is 0. The summed E-state index contributed by atoms with van der Waals surface area (Å²) < 4.78 is 15.9. The van der Waals surface area contributed by atoms with Crippen LogP contribution in [0.4, 0.5) is 4.39 Å². The van der Waals surface area contributed by atoms with Crippen molar-refractivity contribution in [1.82, 2.24) is 10.2 Å². The summed E-state index contributed by atoms with van der Waals surface area (Å²) in [5, 5.41) is 47.9. The summed E-state index contributed by atoms with van der Waals surface area (Å²) in [5.41, 5.74) is 1.35. The molecule has 0 radical (unpaired) electrons. The molecule has 1 aromatic rings. The topological polar surface area (TPSA) is 173 Å². The van der Waals surface area contributed by atoms with Crippen LogP contribution in [-0.4, -0.2) is 75.1 Å². The van der Waals surface area contributed by atoms with Crippen LogP contribution in [0.2, 0.25) is 0 Å². The number of nitrogens with one attached hydrogen (secondary N) is 1. The lowest BCUT2D eigenvalue weighted by atomic mass is 9.58. The van der Waals surface area contributed by atoms with Crippen molar-refractivity contribution in [3.05, 3.63) is 51.2 Å². The van der Waals surface area contributed by atoms with Crippen molar-refractivity contribution in [3.8, 4) is 5.75 Å². The van der Waals surface area contributed by atoms with Crippen molar-refractivity contribution >= 4 is 17.5 Å². The first kappa shape index (κ1) is 29.2. The van der Waals surface area contributed by atoms with Gasteiger partial charge < -0.3 is 31.5 Å². The molecule has 1 amide bonds. The number of amides is 1. The monoisotopic (exact) mass is 571 g/mol. The summed E-state index contributed by atoms with van der Waals surface area (Å²) in [5.74, 6) is -7.65. The highest BCUT2D eigenvalue weighted by atomic mass is 19.1. The number of carbonyl (C=O) groups excluding carboxylic acids is 3. The number of nitrogens with two attached hydrogens (primary N) is 1. The molecule has 0 saturated heterocycles. The van der Waals surface area contributed by atoms with Crippen LogP contribution in [0.3, 0.4) is 0 Å². The number of benzene rings is 1. The summed E-state index contributed by atoms with van der Waals surface area (Å²) in [4.78, 5) is 40.6. The van der Waals surface area contributed by atoms with Gasteiger partial charge in [-0.3, -0.25) is 19.3 Å². The Kier molecular flexibility index (Phi) is 7.73. The normalized spacial score (nSPS) is 28.9. The minimum absolute atomic E-state index is 0.00869. The Balaban J connectivity index is 1.50. The lowest BCUT2D eigenvalue weighted by Crippen LogP contribution is -2.63. The Bertz CT molecular complexity index is 1360. The molecule has 0 bridgehead atoms. The highest BCUT2D eigenvalue weighted by molar-refractivity contribution is 6.24. The molecule has 0 heterocycles. The smallest absolute Gasteiger partial charge is 0.255 e. The zero-order valence-corrected chi connectivity index (χ0v) is 23.4. The van der Waals surface area contributed by atoms with E-state index in [1.54, 1.807) is 14.1 Å². The number of likely N-dealkylation sites (N-methyl/N-ethyl adjacent to an activating group) is 1. The maximum Gasteiger partial charge on any atom is 0.255 e. The Labute approximate surface area is 237 Å². The second-order valence-corrected chi connectivity index (χ2v) is 12.2. The van der Waals surface area contributed by atoms with Crippen molar-refractivity contribution < 1.29 is 39.2 Å². The van der Waals surface area contributed by atoms with Gasteiger partial charge in [0.05, 0.1) is 11.6 Å². The fourth-order valence-electron chi connectivity index (χ4n) is 7.46. The minimum atomic E-state index is -2.72. The van der Waals surface area contributed by atoms with Gasteiger partial charge in [-0.25, -0.2) is 4.39 Å². The highest BCUT2D eigenvalue weighted by Gasteiger charge is 2.63. The number of primary amides is 1. The van der Waals surface area contributed by atoms with Gasteiger partial charge in [-0.1, -0.05) is 25.7 Å². The van der Waals surface area contributed by atoms with Crippen LogP contribution < -0.4 is 11.1 Å². The molecular formula is C30H38FN3O7. The molecular weight excluding hydrogens is 533 g/mol. The van der Waals surface area contributed by atoms with Crippen LogP contribution in [-0.2, 0) is 22.6 Å². The molecule has 222 valence electrons. The van der Waals surface area contributed by atoms with Crippen molar-refractivity contribution in [2.75, 3.05) is 20.6 Å². The molecule has 0 aromatic heterocycles. The Morgan fingerprint density at radius 2 is 1.80 bits per heavy atom. The fourth-order valence-corrected chi connectivity index (χ4v) is 7.46. The standard InChI is InChI=1S/C30H38FN3O7/c1-34(2)24-18-10-15-9-17-21(19(35)11-16(23(17)31)13-33-12-14-7-5-3-4-6-8-14)25(36)20(15)27(38)30(18,41)28(39)22(26(24)37)29(32)40/h11,14-15,18,24,33,35,37-38,41H,3-10,12-13H2,1-2H3,(H2,32,40)/t15-,18-,24-,30-/m0/s1. The lowest BCUT2D eigenvalue weighted by molar-refractivity contribution is -0.148. The van der Waals surface area contributed by atoms with E-state index >= 15 is 4.39 Å². The quantitative estimate of drug-likeness (QED) is 0.221. The average molecular weight is 572 g/mol. The van der Waals surface area contributed by atoms with Gasteiger partial charge in [0.15, 0.2) is 11.4 Å². The number of hydrogen-bond acceptors (Lipinski definition) is 9. The van der Waals surface area contributed by atoms with Crippen molar-refractivity contribution in [3.63, 3.8) is 0 Å². The third-order valence-electron chi connectivity index (χ3n) is 9.45. The number of allylic oxidation sites excluding steroid dienone is 1. The first-order valence-corrected chi connectivity index (χ1v) is 14.3. The number of phenolic OH excluding ortho intramolecular Hbond substituents is 1. The molecule has 0 aliphatic heterocycles. The second-order valence-electron chi connectivity index (χ2n) is 12.2. The van der Waals surface area contributed by atoms with Crippen LogP contribution in [0.5, 0.6) is 5.75 Å². The Morgan fingerprint density at radius 1 is 1.15 bits per heavy atom. The minimum Gasteiger partial charge on any atom is -0.510 e. The number of phenols is 1. The van der Waals surface area contributed by atoms with Gasteiger partial charge in [-0.2, -0.15) is 0 Å². The number of ketones is 2. The molecule has 0 spiro atoms. The number of aliphatic hydroxyl groups is 3. The molecule has 1 aromatic carbocycles. The predicted molar refractivity (Wildman–Crippen MR) is 147 cm³/mol. The largest absolute Gasteiger partial charge is 0.510 e. The van der Waals surface area contributed by atoms with Crippen LogP contribution in [0.25, 0.3) is 0 Å². The number of halogens is 1. The Hall–Kier alpha value is -3.28. The first-order valence-electron chi connectivity index (χ1n) is 14.3. The number of aliphatic hydroxyl groups excluding tert-OH is 2. The Morgan fingerprint density at radius 3 is 2.41 bits per heavy atom. The van der Waals surface area contributed by atoms with Gasteiger partial charge in [-0.05, 0) is 64.2 Å². The predicted octanol–water partition coefficient (Wildman–Crippen LogP) is 2.32. The third kappa shape index (κ3) is 4.64. The zero-order chi connectivity index (χ0) is 29.8. The number of rotatable bonds is 6. The maximum atomic E-state index is 15.9. The molecule has 10 nitrogen and oxygen atoms in total. The zero-order valence-electron chi connectivity index (χ0n) is 23.4. The van der Waals surface area contributed by atoms with Gasteiger partial charge in [0.1, 0.15) is 28.7 Å². The van der Waals surface area contributed by atoms with E-state index in [4.69, 9.17) is 5.73 Å². The van der Waals surface area contributed by atoms with Crippen LogP contribution in [0.1, 0.15) is 66.4 Å². The molecule has 1 saturated carbocycles. The van der Waals surface area contributed by atoms with E-state index in [1.807, 2.05) is 0 Å². The van der Waals surface area contributed by atoms with Crippen LogP contribution in [0, 0.1) is 23.6 Å². The molecule has 11 heteroatoms. The summed E-state index contributed by atoms with van der Waals surface area (Å²) in [6.45, 7) is 0.897. The number of hydrogen-bond donors (Lipinski definition) is 6. The van der Waals surface area contributed by atoms with E-state index in [9.17, 15) is 34.8 Å². The molecule has 4 aliphatic rings. The van der Waals surface area contributed by atoms with E-state index < -0.39 is 69.6 Å². The molecule has 0 unspecified atom stereocenters. The first-order chi connectivity index (χ1) is 19.4. The van der Waals surface area contributed by atoms with Crippen LogP contribution >= 0.6 is 0 Å². The van der Waals surface area contributed by atoms with Gasteiger partial charge in [-0.15, -0.1) is 0 Å². The van der Waals surface area contributed by atoms with E-state index in [2.05, 4.69) is 5.32 Å². The van der Waals surface area contributed by atoms with E-state index in [1.165, 1.54) is 36.6 Å². The van der Waals surface area contributed by atoms with E-state index in [0.29, 0.717) is 5.92 Å². The van der Waals surface area contributed by atoms with Gasteiger partial charge in [0.25, 0.3) is 5.91 Å². The van der Waals surface area contributed by atoms with Gasteiger partial charge in [0.2, 0.25) is 5.78 Å².